The van der Waals surface area contributed by atoms with E-state index < -0.39 is 10.0 Å². The first-order valence-corrected chi connectivity index (χ1v) is 10.6. The molecule has 27 heavy (non-hydrogen) atoms. The van der Waals surface area contributed by atoms with E-state index >= 15 is 0 Å². The van der Waals surface area contributed by atoms with Crippen molar-refractivity contribution in [3.05, 3.63) is 65.5 Å². The molecule has 2 rings (SSSR count). The molecule has 0 fully saturated rings. The Kier molecular flexibility index (Phi) is 6.96. The summed E-state index contributed by atoms with van der Waals surface area (Å²) in [7, 11) is -3.43. The Balaban J connectivity index is 1.91. The van der Waals surface area contributed by atoms with Crippen molar-refractivity contribution in [1.82, 2.24) is 5.32 Å². The van der Waals surface area contributed by atoms with Gasteiger partial charge in [0.05, 0.1) is 18.0 Å². The molecule has 1 unspecified atom stereocenters. The van der Waals surface area contributed by atoms with Crippen LogP contribution in [0.15, 0.2) is 48.5 Å². The number of amides is 1. The van der Waals surface area contributed by atoms with Crippen LogP contribution in [0.2, 0.25) is 0 Å². The van der Waals surface area contributed by atoms with Crippen molar-refractivity contribution in [3.8, 4) is 0 Å². The maximum atomic E-state index is 13.0. The van der Waals surface area contributed by atoms with Crippen LogP contribution >= 0.6 is 0 Å². The van der Waals surface area contributed by atoms with Crippen LogP contribution in [0.1, 0.15) is 36.9 Å². The lowest BCUT2D eigenvalue weighted by molar-refractivity contribution is -0.121. The number of anilines is 1. The Morgan fingerprint density at radius 1 is 1.11 bits per heavy atom. The van der Waals surface area contributed by atoms with E-state index in [9.17, 15) is 17.6 Å². The maximum Gasteiger partial charge on any atom is 0.232 e. The van der Waals surface area contributed by atoms with Gasteiger partial charge < -0.3 is 5.32 Å². The molecule has 0 aliphatic carbocycles. The van der Waals surface area contributed by atoms with Crippen LogP contribution in [-0.2, 0) is 14.8 Å². The number of carbonyl (C=O) groups is 1. The topological polar surface area (TPSA) is 66.5 Å². The summed E-state index contributed by atoms with van der Waals surface area (Å²) in [5, 5.41) is 2.85. The number of halogens is 1. The molecular formula is C20H25FN2O3S. The zero-order valence-electron chi connectivity index (χ0n) is 15.8. The fourth-order valence-corrected chi connectivity index (χ4v) is 3.69. The second-order valence-corrected chi connectivity index (χ2v) is 8.52. The molecule has 2 aromatic rings. The zero-order chi connectivity index (χ0) is 20.0. The minimum atomic E-state index is -3.43. The number of benzene rings is 2. The number of nitrogens with zero attached hydrogens (tertiary/aromatic N) is 1. The molecule has 146 valence electrons. The average Bonchev–Trinajstić information content (AvgIpc) is 2.59. The van der Waals surface area contributed by atoms with Crippen molar-refractivity contribution < 1.29 is 17.6 Å². The van der Waals surface area contributed by atoms with Crippen molar-refractivity contribution in [3.63, 3.8) is 0 Å². The molecule has 0 aliphatic rings. The lowest BCUT2D eigenvalue weighted by Crippen LogP contribution is -2.32. The highest BCUT2D eigenvalue weighted by Crippen LogP contribution is 2.19. The number of rotatable bonds is 8. The van der Waals surface area contributed by atoms with Gasteiger partial charge in [0.1, 0.15) is 5.82 Å². The minimum absolute atomic E-state index is 0.177. The van der Waals surface area contributed by atoms with E-state index in [0.29, 0.717) is 12.1 Å². The van der Waals surface area contributed by atoms with Gasteiger partial charge >= 0.3 is 0 Å². The number of sulfonamides is 1. The van der Waals surface area contributed by atoms with Crippen LogP contribution in [0.4, 0.5) is 10.1 Å². The summed E-state index contributed by atoms with van der Waals surface area (Å²) in [6.45, 7) is 3.97. The van der Waals surface area contributed by atoms with E-state index in [1.54, 1.807) is 24.3 Å². The summed E-state index contributed by atoms with van der Waals surface area (Å²) in [4.78, 5) is 12.2. The molecule has 0 aromatic heterocycles. The van der Waals surface area contributed by atoms with Crippen molar-refractivity contribution in [2.45, 2.75) is 32.7 Å². The molecule has 0 radical (unpaired) electrons. The molecule has 2 aromatic carbocycles. The molecule has 5 nitrogen and oxygen atoms in total. The third kappa shape index (κ3) is 6.36. The van der Waals surface area contributed by atoms with Crippen molar-refractivity contribution in [2.75, 3.05) is 17.1 Å². The molecule has 0 saturated carbocycles. The number of nitrogens with one attached hydrogen (secondary N) is 1. The van der Waals surface area contributed by atoms with Gasteiger partial charge in [-0.05, 0) is 50.1 Å². The van der Waals surface area contributed by atoms with Crippen LogP contribution in [0.25, 0.3) is 0 Å². The van der Waals surface area contributed by atoms with Crippen LogP contribution in [0.3, 0.4) is 0 Å². The summed E-state index contributed by atoms with van der Waals surface area (Å²) in [6.07, 6.45) is 1.75. The number of hydrogen-bond donors (Lipinski definition) is 1. The summed E-state index contributed by atoms with van der Waals surface area (Å²) in [5.41, 5.74) is 2.44. The lowest BCUT2D eigenvalue weighted by atomic mass is 10.1. The summed E-state index contributed by atoms with van der Waals surface area (Å²) < 4.78 is 38.4. The largest absolute Gasteiger partial charge is 0.350 e. The molecule has 1 amide bonds. The quantitative estimate of drug-likeness (QED) is 0.747. The van der Waals surface area contributed by atoms with Crippen molar-refractivity contribution >= 4 is 21.6 Å². The fourth-order valence-electron chi connectivity index (χ4n) is 2.73. The van der Waals surface area contributed by atoms with Crippen LogP contribution in [-0.4, -0.2) is 27.1 Å². The number of aryl methyl sites for hydroxylation is 1. The Morgan fingerprint density at radius 2 is 1.70 bits per heavy atom. The van der Waals surface area contributed by atoms with Gasteiger partial charge in [-0.3, -0.25) is 9.10 Å². The molecular weight excluding hydrogens is 367 g/mol. The summed E-state index contributed by atoms with van der Waals surface area (Å²) >= 11 is 0. The third-order valence-electron chi connectivity index (χ3n) is 4.23. The highest BCUT2D eigenvalue weighted by atomic mass is 32.2. The third-order valence-corrected chi connectivity index (χ3v) is 5.43. The van der Waals surface area contributed by atoms with Gasteiger partial charge in [-0.25, -0.2) is 12.8 Å². The van der Waals surface area contributed by atoms with Gasteiger partial charge in [-0.15, -0.1) is 0 Å². The lowest BCUT2D eigenvalue weighted by Gasteiger charge is -2.22. The summed E-state index contributed by atoms with van der Waals surface area (Å²) in [5.74, 6) is -0.501. The first-order valence-electron chi connectivity index (χ1n) is 8.76. The monoisotopic (exact) mass is 392 g/mol. The van der Waals surface area contributed by atoms with Crippen LogP contribution in [0, 0.1) is 12.7 Å². The summed E-state index contributed by atoms with van der Waals surface area (Å²) in [6, 6.07) is 12.9. The van der Waals surface area contributed by atoms with Crippen LogP contribution in [0.5, 0.6) is 0 Å². The molecule has 1 atom stereocenters. The highest BCUT2D eigenvalue weighted by molar-refractivity contribution is 7.92. The number of carbonyl (C=O) groups excluding carboxylic acids is 1. The number of hydrogen-bond acceptors (Lipinski definition) is 3. The molecule has 7 heteroatoms. The van der Waals surface area contributed by atoms with E-state index in [4.69, 9.17) is 0 Å². The van der Waals surface area contributed by atoms with Crippen LogP contribution < -0.4 is 9.62 Å². The Labute approximate surface area is 160 Å². The van der Waals surface area contributed by atoms with E-state index in [2.05, 4.69) is 5.32 Å². The first kappa shape index (κ1) is 20.9. The van der Waals surface area contributed by atoms with Gasteiger partial charge in [-0.2, -0.15) is 0 Å². The molecule has 0 saturated heterocycles. The second kappa shape index (κ2) is 8.99. The molecule has 0 aliphatic heterocycles. The van der Waals surface area contributed by atoms with Gasteiger partial charge in [0, 0.05) is 13.0 Å². The molecule has 0 spiro atoms. The van der Waals surface area contributed by atoms with Gasteiger partial charge in [-0.1, -0.05) is 29.8 Å². The predicted molar refractivity (Wildman–Crippen MR) is 106 cm³/mol. The maximum absolute atomic E-state index is 13.0. The minimum Gasteiger partial charge on any atom is -0.350 e. The fraction of sp³-hybridized carbons (Fsp3) is 0.350. The van der Waals surface area contributed by atoms with E-state index in [0.717, 1.165) is 17.4 Å². The van der Waals surface area contributed by atoms with E-state index in [-0.39, 0.29) is 30.7 Å². The van der Waals surface area contributed by atoms with Gasteiger partial charge in [0.2, 0.25) is 15.9 Å². The zero-order valence-corrected chi connectivity index (χ0v) is 16.6. The normalized spacial score (nSPS) is 12.4. The highest BCUT2D eigenvalue weighted by Gasteiger charge is 2.18. The Bertz CT molecular complexity index is 865. The van der Waals surface area contributed by atoms with Crippen molar-refractivity contribution in [1.29, 1.82) is 0 Å². The molecule has 1 N–H and O–H groups in total. The van der Waals surface area contributed by atoms with Gasteiger partial charge in [0.25, 0.3) is 0 Å². The van der Waals surface area contributed by atoms with Crippen molar-refractivity contribution in [2.24, 2.45) is 0 Å². The average molecular weight is 392 g/mol. The first-order chi connectivity index (χ1) is 12.7. The second-order valence-electron chi connectivity index (χ2n) is 6.61. The standard InChI is InChI=1S/C20H25FN2O3S/c1-15-6-12-19(13-7-15)23(27(3,25)26)14-4-5-20(24)22-16(2)17-8-10-18(21)11-9-17/h6-13,16H,4-5,14H2,1-3H3,(H,22,24). The van der Waals surface area contributed by atoms with E-state index in [1.807, 2.05) is 26.0 Å². The van der Waals surface area contributed by atoms with E-state index in [1.165, 1.54) is 16.4 Å². The Morgan fingerprint density at radius 3 is 2.26 bits per heavy atom. The SMILES string of the molecule is Cc1ccc(N(CCCC(=O)NC(C)c2ccc(F)cc2)S(C)(=O)=O)cc1. The van der Waals surface area contributed by atoms with Gasteiger partial charge in [0.15, 0.2) is 0 Å². The smallest absolute Gasteiger partial charge is 0.232 e. The molecule has 0 heterocycles. The Hall–Kier alpha value is -2.41. The predicted octanol–water partition coefficient (Wildman–Crippen LogP) is 3.56. The molecule has 0 bridgehead atoms.